The zero-order valence-electron chi connectivity index (χ0n) is 9.29. The van der Waals surface area contributed by atoms with Gasteiger partial charge in [0.1, 0.15) is 24.4 Å². The van der Waals surface area contributed by atoms with Gasteiger partial charge in [0, 0.05) is 0 Å². The van der Waals surface area contributed by atoms with Crippen molar-refractivity contribution < 1.29 is 44.9 Å². The van der Waals surface area contributed by atoms with Gasteiger partial charge in [0.25, 0.3) is 0 Å². The van der Waals surface area contributed by atoms with Crippen molar-refractivity contribution >= 4 is 5.97 Å². The maximum Gasteiger partial charge on any atom is 0.335 e. The second-order valence-electron chi connectivity index (χ2n) is 3.84. The van der Waals surface area contributed by atoms with Gasteiger partial charge in [-0.25, -0.2) is 4.79 Å². The molecular formula is C9H16O9. The highest BCUT2D eigenvalue weighted by Gasteiger charge is 2.45. The van der Waals surface area contributed by atoms with Gasteiger partial charge >= 0.3 is 5.97 Å². The average molecular weight is 268 g/mol. The Bertz CT molecular complexity index is 281. The van der Waals surface area contributed by atoms with E-state index in [1.807, 2.05) is 0 Å². The molecule has 106 valence electrons. The van der Waals surface area contributed by atoms with E-state index in [1.54, 1.807) is 0 Å². The van der Waals surface area contributed by atoms with Crippen LogP contribution in [0.5, 0.6) is 0 Å². The van der Waals surface area contributed by atoms with Crippen molar-refractivity contribution in [3.05, 3.63) is 0 Å². The van der Waals surface area contributed by atoms with Crippen molar-refractivity contribution in [2.45, 2.75) is 36.8 Å². The van der Waals surface area contributed by atoms with Crippen LogP contribution >= 0.6 is 0 Å². The molecule has 1 aliphatic heterocycles. The number of aliphatic hydroxyl groups is 5. The molecular weight excluding hydrogens is 252 g/mol. The fraction of sp³-hybridized carbons (Fsp3) is 0.889. The average Bonchev–Trinajstić information content (AvgIpc) is 2.35. The summed E-state index contributed by atoms with van der Waals surface area (Å²) in [6, 6.07) is 0. The number of carbonyl (C=O) groups is 1. The van der Waals surface area contributed by atoms with E-state index in [9.17, 15) is 20.1 Å². The standard InChI is InChI=1S/C9H16O9/c10-1-3-5(12)6(13)7(14)9(17-3)18-4(2-11)8(15)16/h3-7,9-14H,1-2H2,(H,15,16)/t3-,4+,5-,6+,7+,9?/m1/s1. The molecule has 0 amide bonds. The van der Waals surface area contributed by atoms with Gasteiger partial charge in [-0.2, -0.15) is 0 Å². The maximum absolute atomic E-state index is 10.6. The number of carboxylic acid groups (broad SMARTS) is 1. The van der Waals surface area contributed by atoms with Gasteiger partial charge < -0.3 is 40.1 Å². The molecule has 1 saturated heterocycles. The molecule has 1 fully saturated rings. The summed E-state index contributed by atoms with van der Waals surface area (Å²) in [7, 11) is 0. The van der Waals surface area contributed by atoms with Gasteiger partial charge in [-0.05, 0) is 0 Å². The first-order chi connectivity index (χ1) is 8.42. The van der Waals surface area contributed by atoms with Crippen LogP contribution in [0.3, 0.4) is 0 Å². The molecule has 1 heterocycles. The Morgan fingerprint density at radius 1 is 1.17 bits per heavy atom. The van der Waals surface area contributed by atoms with Gasteiger partial charge in [-0.3, -0.25) is 0 Å². The molecule has 0 saturated carbocycles. The van der Waals surface area contributed by atoms with Crippen LogP contribution in [-0.4, -0.2) is 86.6 Å². The Morgan fingerprint density at radius 2 is 1.78 bits per heavy atom. The summed E-state index contributed by atoms with van der Waals surface area (Å²) in [6.45, 7) is -1.51. The molecule has 9 nitrogen and oxygen atoms in total. The molecule has 0 bridgehead atoms. The monoisotopic (exact) mass is 268 g/mol. The highest BCUT2D eigenvalue weighted by molar-refractivity contribution is 5.72. The van der Waals surface area contributed by atoms with Crippen LogP contribution in [0.15, 0.2) is 0 Å². The van der Waals surface area contributed by atoms with E-state index in [-0.39, 0.29) is 0 Å². The van der Waals surface area contributed by atoms with Gasteiger partial charge in [0.2, 0.25) is 0 Å². The molecule has 0 aromatic carbocycles. The van der Waals surface area contributed by atoms with Crippen LogP contribution in [0.25, 0.3) is 0 Å². The Labute approximate surface area is 102 Å². The molecule has 1 unspecified atom stereocenters. The van der Waals surface area contributed by atoms with E-state index in [0.717, 1.165) is 0 Å². The summed E-state index contributed by atoms with van der Waals surface area (Å²) in [5, 5.41) is 54.7. The van der Waals surface area contributed by atoms with Crippen LogP contribution in [-0.2, 0) is 14.3 Å². The quantitative estimate of drug-likeness (QED) is 0.294. The predicted molar refractivity (Wildman–Crippen MR) is 53.4 cm³/mol. The molecule has 0 radical (unpaired) electrons. The van der Waals surface area contributed by atoms with Gasteiger partial charge in [0.15, 0.2) is 12.4 Å². The van der Waals surface area contributed by atoms with Gasteiger partial charge in [-0.15, -0.1) is 0 Å². The fourth-order valence-corrected chi connectivity index (χ4v) is 1.52. The van der Waals surface area contributed by atoms with Crippen molar-refractivity contribution in [2.24, 2.45) is 0 Å². The van der Waals surface area contributed by atoms with Gasteiger partial charge in [-0.1, -0.05) is 0 Å². The third kappa shape index (κ3) is 3.14. The molecule has 18 heavy (non-hydrogen) atoms. The number of ether oxygens (including phenoxy) is 2. The molecule has 0 aliphatic carbocycles. The normalized spacial score (nSPS) is 38.4. The Kier molecular flexibility index (Phi) is 5.41. The Balaban J connectivity index is 2.72. The minimum absolute atomic E-state index is 0.651. The van der Waals surface area contributed by atoms with Crippen molar-refractivity contribution in [2.75, 3.05) is 13.2 Å². The molecule has 0 spiro atoms. The van der Waals surface area contributed by atoms with E-state index in [4.69, 9.17) is 24.8 Å². The van der Waals surface area contributed by atoms with E-state index in [0.29, 0.717) is 0 Å². The largest absolute Gasteiger partial charge is 0.479 e. The third-order valence-corrected chi connectivity index (χ3v) is 2.59. The molecule has 1 aliphatic rings. The maximum atomic E-state index is 10.6. The number of carboxylic acids is 1. The van der Waals surface area contributed by atoms with Crippen molar-refractivity contribution in [3.63, 3.8) is 0 Å². The van der Waals surface area contributed by atoms with E-state index < -0.39 is 56.0 Å². The van der Waals surface area contributed by atoms with Crippen molar-refractivity contribution in [1.29, 1.82) is 0 Å². The zero-order valence-corrected chi connectivity index (χ0v) is 9.29. The summed E-state index contributed by atoms with van der Waals surface area (Å²) in [6.07, 6.45) is -9.32. The lowest BCUT2D eigenvalue weighted by Crippen LogP contribution is -2.60. The minimum atomic E-state index is -1.70. The third-order valence-electron chi connectivity index (χ3n) is 2.59. The lowest BCUT2D eigenvalue weighted by Gasteiger charge is -2.40. The number of hydrogen-bond donors (Lipinski definition) is 6. The van der Waals surface area contributed by atoms with Crippen LogP contribution in [0, 0.1) is 0 Å². The van der Waals surface area contributed by atoms with E-state index in [1.165, 1.54) is 0 Å². The summed E-state index contributed by atoms with van der Waals surface area (Å²) >= 11 is 0. The lowest BCUT2D eigenvalue weighted by molar-refractivity contribution is -0.311. The summed E-state index contributed by atoms with van der Waals surface area (Å²) in [5.74, 6) is -1.48. The second-order valence-corrected chi connectivity index (χ2v) is 3.84. The van der Waals surface area contributed by atoms with Crippen LogP contribution in [0.1, 0.15) is 0 Å². The molecule has 1 rings (SSSR count). The highest BCUT2D eigenvalue weighted by Crippen LogP contribution is 2.22. The van der Waals surface area contributed by atoms with Gasteiger partial charge in [0.05, 0.1) is 13.2 Å². The van der Waals surface area contributed by atoms with Crippen molar-refractivity contribution in [3.8, 4) is 0 Å². The first-order valence-corrected chi connectivity index (χ1v) is 5.22. The van der Waals surface area contributed by atoms with Crippen LogP contribution in [0.4, 0.5) is 0 Å². The zero-order chi connectivity index (χ0) is 13.9. The topological polar surface area (TPSA) is 157 Å². The summed E-state index contributed by atoms with van der Waals surface area (Å²) < 4.78 is 9.67. The van der Waals surface area contributed by atoms with E-state index >= 15 is 0 Å². The second kappa shape index (κ2) is 6.38. The first-order valence-electron chi connectivity index (χ1n) is 5.22. The molecule has 0 aromatic heterocycles. The first kappa shape index (κ1) is 15.2. The fourth-order valence-electron chi connectivity index (χ4n) is 1.52. The summed E-state index contributed by atoms with van der Waals surface area (Å²) in [4.78, 5) is 10.6. The molecule has 9 heteroatoms. The number of rotatable bonds is 5. The Hall–Kier alpha value is -0.810. The molecule has 6 atom stereocenters. The Morgan fingerprint density at radius 3 is 2.22 bits per heavy atom. The number of aliphatic carboxylic acids is 1. The van der Waals surface area contributed by atoms with Crippen molar-refractivity contribution in [1.82, 2.24) is 0 Å². The smallest absolute Gasteiger partial charge is 0.335 e. The number of hydrogen-bond acceptors (Lipinski definition) is 8. The predicted octanol–water partition coefficient (Wildman–Crippen LogP) is -3.75. The van der Waals surface area contributed by atoms with Crippen LogP contribution < -0.4 is 0 Å². The van der Waals surface area contributed by atoms with Crippen LogP contribution in [0.2, 0.25) is 0 Å². The van der Waals surface area contributed by atoms with E-state index in [2.05, 4.69) is 0 Å². The summed E-state index contributed by atoms with van der Waals surface area (Å²) in [5.41, 5.74) is 0. The number of aliphatic hydroxyl groups excluding tert-OH is 5. The highest BCUT2D eigenvalue weighted by atomic mass is 16.7. The SMILES string of the molecule is O=C(O)[C@H](CO)OC1O[C@H](CO)[C@@H](O)[C@H](O)[C@@H]1O. The minimum Gasteiger partial charge on any atom is -0.479 e. The molecule has 0 aromatic rings. The lowest BCUT2D eigenvalue weighted by atomic mass is 9.99. The molecule has 6 N–H and O–H groups in total.